The molecule has 1 aliphatic rings. The number of benzene rings is 1. The van der Waals surface area contributed by atoms with Crippen molar-refractivity contribution in [2.24, 2.45) is 0 Å². The first-order chi connectivity index (χ1) is 9.43. The predicted octanol–water partition coefficient (Wildman–Crippen LogP) is -3.15. The summed E-state index contributed by atoms with van der Waals surface area (Å²) in [5.41, 5.74) is 0.996. The third-order valence-corrected chi connectivity index (χ3v) is 2.80. The molecular formula is C15H12Cl2N4Zr. The summed E-state index contributed by atoms with van der Waals surface area (Å²) < 4.78 is 1.65. The monoisotopic (exact) mass is 408 g/mol. The van der Waals surface area contributed by atoms with E-state index in [1.54, 1.807) is 11.0 Å². The Kier molecular flexibility index (Phi) is 9.99. The SMILES string of the molecule is [C-]1=CC=CC1.[Cl-].[Cl-].[Zr+4].c1ccc2[cH-]c(-n3cnnn3)cc2c1. The van der Waals surface area contributed by atoms with Crippen LogP contribution in [0.4, 0.5) is 0 Å². The number of halogens is 2. The molecule has 7 heteroatoms. The Labute approximate surface area is 160 Å². The summed E-state index contributed by atoms with van der Waals surface area (Å²) in [6.45, 7) is 0. The Morgan fingerprint density at radius 1 is 1.18 bits per heavy atom. The zero-order valence-electron chi connectivity index (χ0n) is 11.5. The van der Waals surface area contributed by atoms with Gasteiger partial charge < -0.3 is 24.8 Å². The maximum absolute atomic E-state index is 3.84. The molecule has 2 aromatic carbocycles. The Hall–Kier alpha value is -1.16. The molecule has 0 N–H and O–H groups in total. The maximum atomic E-state index is 3.84. The molecule has 1 heterocycles. The number of hydrogen-bond acceptors (Lipinski definition) is 3. The second-order valence-electron chi connectivity index (χ2n) is 4.10. The Morgan fingerprint density at radius 2 is 2.00 bits per heavy atom. The first-order valence-electron chi connectivity index (χ1n) is 6.04. The van der Waals surface area contributed by atoms with Crippen LogP contribution in [0.3, 0.4) is 0 Å². The average Bonchev–Trinajstić information content (AvgIpc) is 3.20. The van der Waals surface area contributed by atoms with Crippen LogP contribution in [0.15, 0.2) is 61.0 Å². The van der Waals surface area contributed by atoms with Crippen molar-refractivity contribution in [3.8, 4) is 5.69 Å². The van der Waals surface area contributed by atoms with Crippen LogP contribution in [0.2, 0.25) is 0 Å². The van der Waals surface area contributed by atoms with Gasteiger partial charge in [0.25, 0.3) is 0 Å². The molecule has 0 fully saturated rings. The van der Waals surface area contributed by atoms with E-state index in [2.05, 4.69) is 51.9 Å². The van der Waals surface area contributed by atoms with E-state index in [1.807, 2.05) is 24.3 Å². The van der Waals surface area contributed by atoms with E-state index in [9.17, 15) is 0 Å². The normalized spacial score (nSPS) is 10.9. The number of fused-ring (bicyclic) bond motifs is 1. The van der Waals surface area contributed by atoms with E-state index in [4.69, 9.17) is 0 Å². The van der Waals surface area contributed by atoms with Crippen LogP contribution >= 0.6 is 0 Å². The molecule has 0 saturated heterocycles. The van der Waals surface area contributed by atoms with Gasteiger partial charge in [-0.15, -0.1) is 52.6 Å². The molecule has 0 bridgehead atoms. The van der Waals surface area contributed by atoms with Crippen molar-refractivity contribution in [1.29, 1.82) is 0 Å². The number of allylic oxidation sites excluding steroid dienone is 4. The molecule has 22 heavy (non-hydrogen) atoms. The van der Waals surface area contributed by atoms with Crippen molar-refractivity contribution >= 4 is 10.8 Å². The number of aromatic nitrogens is 4. The molecule has 4 nitrogen and oxygen atoms in total. The van der Waals surface area contributed by atoms with Crippen molar-refractivity contribution in [3.05, 3.63) is 67.0 Å². The van der Waals surface area contributed by atoms with Gasteiger partial charge >= 0.3 is 26.2 Å². The molecule has 0 radical (unpaired) electrons. The number of hydrogen-bond donors (Lipinski definition) is 0. The average molecular weight is 410 g/mol. The fraction of sp³-hybridized carbons (Fsp3) is 0.0667. The summed E-state index contributed by atoms with van der Waals surface area (Å²) in [4.78, 5) is 0. The summed E-state index contributed by atoms with van der Waals surface area (Å²) in [5.74, 6) is 0. The van der Waals surface area contributed by atoms with Gasteiger partial charge in [-0.1, -0.05) is 6.07 Å². The van der Waals surface area contributed by atoms with Crippen LogP contribution in [0.5, 0.6) is 0 Å². The van der Waals surface area contributed by atoms with Crippen LogP contribution in [-0.2, 0) is 26.2 Å². The van der Waals surface area contributed by atoms with Gasteiger partial charge in [-0.25, -0.2) is 16.8 Å². The van der Waals surface area contributed by atoms with Gasteiger partial charge in [-0.05, 0) is 16.1 Å². The largest absolute Gasteiger partial charge is 4.00 e. The smallest absolute Gasteiger partial charge is 1.00 e. The van der Waals surface area contributed by atoms with E-state index < -0.39 is 0 Å². The number of nitrogens with zero attached hydrogens (tertiary/aromatic N) is 4. The second-order valence-corrected chi connectivity index (χ2v) is 4.10. The molecule has 3 aromatic rings. The quantitative estimate of drug-likeness (QED) is 0.398. The summed E-state index contributed by atoms with van der Waals surface area (Å²) in [7, 11) is 0. The minimum atomic E-state index is 0. The molecule has 0 atom stereocenters. The molecular weight excluding hydrogens is 398 g/mol. The molecule has 4 rings (SSSR count). The van der Waals surface area contributed by atoms with Crippen molar-refractivity contribution in [3.63, 3.8) is 0 Å². The van der Waals surface area contributed by atoms with E-state index in [0.29, 0.717) is 0 Å². The van der Waals surface area contributed by atoms with E-state index >= 15 is 0 Å². The van der Waals surface area contributed by atoms with Crippen molar-refractivity contribution in [2.75, 3.05) is 0 Å². The van der Waals surface area contributed by atoms with Crippen molar-refractivity contribution in [1.82, 2.24) is 20.2 Å². The Balaban J connectivity index is 0.000000482. The first-order valence-corrected chi connectivity index (χ1v) is 6.04. The molecule has 0 amide bonds. The standard InChI is InChI=1S/C10H7N4.C5H5.2ClH.Zr/c1-2-4-9-6-10(5-8(9)3-1)14-7-11-12-13-14;1-2-4-5-3-1;;;/h1-7H;1-3H,4H2;2*1H;/q2*-1;;;+4/p-2. The maximum Gasteiger partial charge on any atom is 4.00 e. The molecule has 0 spiro atoms. The molecule has 0 aliphatic heterocycles. The fourth-order valence-corrected chi connectivity index (χ4v) is 1.89. The van der Waals surface area contributed by atoms with Gasteiger partial charge in [0.15, 0.2) is 0 Å². The fourth-order valence-electron chi connectivity index (χ4n) is 1.89. The molecule has 1 aromatic heterocycles. The Bertz CT molecular complexity index is 677. The Morgan fingerprint density at radius 3 is 2.55 bits per heavy atom. The van der Waals surface area contributed by atoms with Gasteiger partial charge in [0.2, 0.25) is 0 Å². The van der Waals surface area contributed by atoms with Crippen molar-refractivity contribution < 1.29 is 51.0 Å². The minimum absolute atomic E-state index is 0. The summed E-state index contributed by atoms with van der Waals surface area (Å²) >= 11 is 0. The van der Waals surface area contributed by atoms with Crippen LogP contribution in [0, 0.1) is 6.08 Å². The minimum Gasteiger partial charge on any atom is -1.00 e. The van der Waals surface area contributed by atoms with E-state index in [0.717, 1.165) is 12.1 Å². The van der Waals surface area contributed by atoms with Gasteiger partial charge in [0.1, 0.15) is 6.33 Å². The zero-order valence-corrected chi connectivity index (χ0v) is 15.5. The number of tetrazole rings is 1. The van der Waals surface area contributed by atoms with E-state index in [1.165, 1.54) is 10.8 Å². The van der Waals surface area contributed by atoms with Crippen LogP contribution in [-0.4, -0.2) is 20.2 Å². The summed E-state index contributed by atoms with van der Waals surface area (Å²) in [6, 6.07) is 12.3. The van der Waals surface area contributed by atoms with Crippen LogP contribution in [0.1, 0.15) is 6.42 Å². The van der Waals surface area contributed by atoms with Gasteiger partial charge in [0, 0.05) is 0 Å². The summed E-state index contributed by atoms with van der Waals surface area (Å²) in [6.07, 6.45) is 11.6. The van der Waals surface area contributed by atoms with Gasteiger partial charge in [-0.2, -0.15) is 6.08 Å². The topological polar surface area (TPSA) is 43.6 Å². The van der Waals surface area contributed by atoms with E-state index in [-0.39, 0.29) is 51.0 Å². The molecule has 0 unspecified atom stereocenters. The molecule has 0 saturated carbocycles. The first kappa shape index (κ1) is 20.8. The molecule has 110 valence electrons. The van der Waals surface area contributed by atoms with Crippen molar-refractivity contribution in [2.45, 2.75) is 6.42 Å². The van der Waals surface area contributed by atoms with Gasteiger partial charge in [-0.3, -0.25) is 6.08 Å². The number of rotatable bonds is 1. The third kappa shape index (κ3) is 5.24. The summed E-state index contributed by atoms with van der Waals surface area (Å²) in [5, 5.41) is 13.5. The zero-order chi connectivity index (χ0) is 12.9. The van der Waals surface area contributed by atoms with Crippen LogP contribution in [0.25, 0.3) is 16.5 Å². The second kappa shape index (κ2) is 10.5. The molecule has 1 aliphatic carbocycles. The third-order valence-electron chi connectivity index (χ3n) is 2.80. The van der Waals surface area contributed by atoms with Gasteiger partial charge in [0.05, 0.1) is 0 Å². The van der Waals surface area contributed by atoms with Crippen LogP contribution < -0.4 is 24.8 Å². The predicted molar refractivity (Wildman–Crippen MR) is 73.8 cm³/mol.